The second-order valence-corrected chi connectivity index (χ2v) is 9.64. The summed E-state index contributed by atoms with van der Waals surface area (Å²) < 4.78 is 27.6. The van der Waals surface area contributed by atoms with Crippen LogP contribution in [0, 0.1) is 0 Å². The third kappa shape index (κ3) is 3.49. The zero-order chi connectivity index (χ0) is 13.2. The van der Waals surface area contributed by atoms with Gasteiger partial charge in [-0.1, -0.05) is 0 Å². The van der Waals surface area contributed by atoms with Crippen LogP contribution in [0.3, 0.4) is 0 Å². The molecule has 102 valence electrons. The molecule has 0 bridgehead atoms. The first kappa shape index (κ1) is 14.8. The molecule has 0 saturated carbocycles. The lowest BCUT2D eigenvalue weighted by Gasteiger charge is -2.10. The molecule has 1 saturated heterocycles. The van der Waals surface area contributed by atoms with Crippen LogP contribution in [0.5, 0.6) is 0 Å². The van der Waals surface area contributed by atoms with Gasteiger partial charge in [0.2, 0.25) is 10.0 Å². The highest BCUT2D eigenvalue weighted by Gasteiger charge is 2.23. The summed E-state index contributed by atoms with van der Waals surface area (Å²) in [6.45, 7) is 0.866. The fraction of sp³-hybridized carbons (Fsp3) is 0.600. The molecule has 2 rings (SSSR count). The second-order valence-electron chi connectivity index (χ2n) is 4.04. The molecule has 8 heteroatoms. The van der Waals surface area contributed by atoms with Gasteiger partial charge in [-0.3, -0.25) is 0 Å². The van der Waals surface area contributed by atoms with Gasteiger partial charge in [-0.15, -0.1) is 11.3 Å². The maximum Gasteiger partial charge on any atom is 0.242 e. The minimum atomic E-state index is -3.42. The van der Waals surface area contributed by atoms with Gasteiger partial charge in [0.1, 0.15) is 4.90 Å². The van der Waals surface area contributed by atoms with Crippen LogP contribution in [0.15, 0.2) is 14.7 Å². The summed E-state index contributed by atoms with van der Waals surface area (Å²) in [5, 5.41) is 0.408. The Morgan fingerprint density at radius 1 is 1.56 bits per heavy atom. The quantitative estimate of drug-likeness (QED) is 0.832. The van der Waals surface area contributed by atoms with Gasteiger partial charge in [0, 0.05) is 23.2 Å². The van der Waals surface area contributed by atoms with E-state index in [0.717, 1.165) is 17.1 Å². The first-order valence-corrected chi connectivity index (χ1v) is 9.76. The van der Waals surface area contributed by atoms with Crippen molar-refractivity contribution in [1.29, 1.82) is 0 Å². The number of thiophene rings is 1. The predicted octanol–water partition coefficient (Wildman–Crippen LogP) is 2.14. The van der Waals surface area contributed by atoms with E-state index in [9.17, 15) is 8.42 Å². The number of rotatable bonds is 5. The number of hydrogen-bond donors (Lipinski definition) is 2. The average molecular weight is 371 g/mol. The molecule has 3 N–H and O–H groups in total. The van der Waals surface area contributed by atoms with E-state index < -0.39 is 10.0 Å². The fourth-order valence-electron chi connectivity index (χ4n) is 1.77. The van der Waals surface area contributed by atoms with E-state index in [1.807, 2.05) is 11.8 Å². The highest BCUT2D eigenvalue weighted by Crippen LogP contribution is 2.32. The van der Waals surface area contributed by atoms with Gasteiger partial charge in [0.05, 0.1) is 3.79 Å². The molecule has 1 fully saturated rings. The number of sulfonamides is 1. The number of thioether (sulfide) groups is 1. The molecule has 2 heterocycles. The van der Waals surface area contributed by atoms with E-state index in [0.29, 0.717) is 27.0 Å². The van der Waals surface area contributed by atoms with E-state index in [1.165, 1.54) is 17.8 Å². The number of halogens is 1. The summed E-state index contributed by atoms with van der Waals surface area (Å²) in [4.78, 5) is 1.16. The van der Waals surface area contributed by atoms with Gasteiger partial charge in [-0.05, 0) is 40.6 Å². The van der Waals surface area contributed by atoms with Crippen molar-refractivity contribution in [2.75, 3.05) is 12.3 Å². The molecule has 18 heavy (non-hydrogen) atoms. The Morgan fingerprint density at radius 2 is 2.33 bits per heavy atom. The molecule has 0 aromatic carbocycles. The Bertz CT molecular complexity index is 509. The van der Waals surface area contributed by atoms with E-state index in [-0.39, 0.29) is 0 Å². The average Bonchev–Trinajstić information content (AvgIpc) is 2.95. The summed E-state index contributed by atoms with van der Waals surface area (Å²) >= 11 is 6.49. The summed E-state index contributed by atoms with van der Waals surface area (Å²) in [5.74, 6) is 1.13. The number of nitrogens with one attached hydrogen (secondary N) is 1. The van der Waals surface area contributed by atoms with Crippen LogP contribution in [0.1, 0.15) is 17.7 Å². The summed E-state index contributed by atoms with van der Waals surface area (Å²) in [7, 11) is -3.42. The van der Waals surface area contributed by atoms with Gasteiger partial charge in [0.25, 0.3) is 0 Å². The van der Waals surface area contributed by atoms with E-state index in [1.54, 1.807) is 6.07 Å². The lowest BCUT2D eigenvalue weighted by atomic mass is 10.2. The van der Waals surface area contributed by atoms with Crippen LogP contribution in [0.25, 0.3) is 0 Å². The van der Waals surface area contributed by atoms with Crippen LogP contribution in [0.2, 0.25) is 0 Å². The van der Waals surface area contributed by atoms with Crippen molar-refractivity contribution in [3.05, 3.63) is 14.7 Å². The summed E-state index contributed by atoms with van der Waals surface area (Å²) in [6.07, 6.45) is 2.27. The van der Waals surface area contributed by atoms with Gasteiger partial charge in [-0.2, -0.15) is 11.8 Å². The molecule has 0 amide bonds. The molecule has 1 aliphatic rings. The third-order valence-electron chi connectivity index (χ3n) is 2.72. The van der Waals surface area contributed by atoms with Crippen molar-refractivity contribution in [3.63, 3.8) is 0 Å². The van der Waals surface area contributed by atoms with Crippen LogP contribution in [0.4, 0.5) is 0 Å². The first-order valence-electron chi connectivity index (χ1n) is 5.62. The molecule has 0 spiro atoms. The maximum atomic E-state index is 12.2. The Hall–Kier alpha value is 0.400. The van der Waals surface area contributed by atoms with Crippen molar-refractivity contribution in [2.45, 2.75) is 29.5 Å². The number of nitrogens with two attached hydrogens (primary N) is 1. The van der Waals surface area contributed by atoms with Gasteiger partial charge < -0.3 is 5.73 Å². The Balaban J connectivity index is 2.06. The zero-order valence-electron chi connectivity index (χ0n) is 9.69. The molecule has 1 atom stereocenters. The SMILES string of the molecule is NCc1cc(S(=O)(=O)NCC2CCCS2)c(Br)s1. The smallest absolute Gasteiger partial charge is 0.242 e. The molecule has 1 aromatic rings. The lowest BCUT2D eigenvalue weighted by molar-refractivity contribution is 0.579. The lowest BCUT2D eigenvalue weighted by Crippen LogP contribution is -2.29. The van der Waals surface area contributed by atoms with Crippen molar-refractivity contribution in [3.8, 4) is 0 Å². The van der Waals surface area contributed by atoms with Crippen LogP contribution >= 0.6 is 39.0 Å². The molecule has 0 aliphatic carbocycles. The number of hydrogen-bond acceptors (Lipinski definition) is 5. The maximum absolute atomic E-state index is 12.2. The molecular formula is C10H15BrN2O2S3. The topological polar surface area (TPSA) is 72.2 Å². The van der Waals surface area contributed by atoms with Gasteiger partial charge >= 0.3 is 0 Å². The highest BCUT2D eigenvalue weighted by molar-refractivity contribution is 9.11. The zero-order valence-corrected chi connectivity index (χ0v) is 13.7. The largest absolute Gasteiger partial charge is 0.326 e. The van der Waals surface area contributed by atoms with Crippen molar-refractivity contribution in [2.24, 2.45) is 5.73 Å². The van der Waals surface area contributed by atoms with Crippen molar-refractivity contribution >= 4 is 49.1 Å². The van der Waals surface area contributed by atoms with Gasteiger partial charge in [0.15, 0.2) is 0 Å². The molecular weight excluding hydrogens is 356 g/mol. The van der Waals surface area contributed by atoms with Crippen LogP contribution in [-0.2, 0) is 16.6 Å². The minimum Gasteiger partial charge on any atom is -0.326 e. The predicted molar refractivity (Wildman–Crippen MR) is 80.6 cm³/mol. The third-order valence-corrected chi connectivity index (χ3v) is 7.82. The van der Waals surface area contributed by atoms with E-state index in [4.69, 9.17) is 5.73 Å². The van der Waals surface area contributed by atoms with E-state index >= 15 is 0 Å². The molecule has 1 aliphatic heterocycles. The highest BCUT2D eigenvalue weighted by atomic mass is 79.9. The molecule has 1 unspecified atom stereocenters. The summed E-state index contributed by atoms with van der Waals surface area (Å²) in [6, 6.07) is 1.64. The van der Waals surface area contributed by atoms with Crippen molar-refractivity contribution < 1.29 is 8.42 Å². The monoisotopic (exact) mass is 370 g/mol. The van der Waals surface area contributed by atoms with Gasteiger partial charge in [-0.25, -0.2) is 13.1 Å². The second kappa shape index (κ2) is 6.23. The Labute approximate surface area is 124 Å². The Morgan fingerprint density at radius 3 is 2.89 bits per heavy atom. The molecule has 0 radical (unpaired) electrons. The normalized spacial score (nSPS) is 20.4. The summed E-state index contributed by atoms with van der Waals surface area (Å²) in [5.41, 5.74) is 5.52. The minimum absolute atomic E-state index is 0.302. The molecule has 4 nitrogen and oxygen atoms in total. The van der Waals surface area contributed by atoms with Crippen LogP contribution < -0.4 is 10.5 Å². The van der Waals surface area contributed by atoms with Crippen LogP contribution in [-0.4, -0.2) is 26.0 Å². The van der Waals surface area contributed by atoms with E-state index in [2.05, 4.69) is 20.7 Å². The standard InChI is InChI=1S/C10H15BrN2O2S3/c11-10-9(4-8(5-12)17-10)18(14,15)13-6-7-2-1-3-16-7/h4,7,13H,1-3,5-6,12H2. The molecule has 1 aromatic heterocycles. The fourth-order valence-corrected chi connectivity index (χ4v) is 6.71. The van der Waals surface area contributed by atoms with Crippen molar-refractivity contribution in [1.82, 2.24) is 4.72 Å². The Kier molecular flexibility index (Phi) is 5.13. The first-order chi connectivity index (χ1) is 8.53.